The molecule has 8 nitrogen and oxygen atoms in total. The van der Waals surface area contributed by atoms with Gasteiger partial charge in [-0.15, -0.1) is 0 Å². The number of carbonyl (C=O) groups is 3. The minimum Gasteiger partial charge on any atom is -0.490 e. The van der Waals surface area contributed by atoms with Gasteiger partial charge in [0.2, 0.25) is 0 Å². The average molecular weight is 538 g/mol. The third-order valence-electron chi connectivity index (χ3n) is 5.93. The van der Waals surface area contributed by atoms with Crippen molar-refractivity contribution in [1.29, 1.82) is 0 Å². The van der Waals surface area contributed by atoms with Gasteiger partial charge in [0.05, 0.1) is 35.3 Å². The molecular formula is C22H23IN2O6. The van der Waals surface area contributed by atoms with Crippen LogP contribution in [0.15, 0.2) is 29.4 Å². The summed E-state index contributed by atoms with van der Waals surface area (Å²) in [6.45, 7) is 3.82. The molecule has 3 aliphatic rings. The fourth-order valence-electron chi connectivity index (χ4n) is 4.56. The molecular weight excluding hydrogens is 515 g/mol. The zero-order valence-electron chi connectivity index (χ0n) is 17.4. The molecule has 4 rings (SSSR count). The van der Waals surface area contributed by atoms with Crippen LogP contribution in [0.3, 0.4) is 0 Å². The quantitative estimate of drug-likeness (QED) is 0.174. The lowest BCUT2D eigenvalue weighted by Gasteiger charge is -2.18. The molecule has 2 fully saturated rings. The maximum atomic E-state index is 12.8. The lowest BCUT2D eigenvalue weighted by molar-refractivity contribution is -0.148. The van der Waals surface area contributed by atoms with Crippen LogP contribution in [-0.4, -0.2) is 48.8 Å². The Morgan fingerprint density at radius 2 is 1.90 bits per heavy atom. The Balaban J connectivity index is 1.56. The van der Waals surface area contributed by atoms with Crippen molar-refractivity contribution in [3.05, 3.63) is 33.4 Å². The van der Waals surface area contributed by atoms with Crippen molar-refractivity contribution >= 4 is 46.6 Å². The number of hydrogen-bond donors (Lipinski definition) is 0. The Kier molecular flexibility index (Phi) is 6.05. The number of benzene rings is 1. The van der Waals surface area contributed by atoms with E-state index in [2.05, 4.69) is 39.8 Å². The summed E-state index contributed by atoms with van der Waals surface area (Å²) in [6.07, 6.45) is 5.65. The van der Waals surface area contributed by atoms with Gasteiger partial charge in [-0.05, 0) is 72.4 Å². The van der Waals surface area contributed by atoms with Crippen molar-refractivity contribution in [2.45, 2.75) is 26.4 Å². The van der Waals surface area contributed by atoms with Crippen LogP contribution in [0.5, 0.6) is 11.5 Å². The maximum Gasteiger partial charge on any atom is 0.346 e. The Bertz CT molecular complexity index is 960. The molecule has 1 aliphatic heterocycles. The summed E-state index contributed by atoms with van der Waals surface area (Å²) in [5, 5.41) is 5.23. The SMILES string of the molecule is CCOc1cc(C=NN2C(=O)[C@@H]3[C@H](C2=O)[C@H]2C=C[C@H]3C2)cc(I)c1O[C@@H](C)C(=O)OC. The molecule has 2 amide bonds. The Labute approximate surface area is 193 Å². The molecule has 1 saturated carbocycles. The summed E-state index contributed by atoms with van der Waals surface area (Å²) in [7, 11) is 1.30. The summed E-state index contributed by atoms with van der Waals surface area (Å²) >= 11 is 2.08. The van der Waals surface area contributed by atoms with Gasteiger partial charge in [0.15, 0.2) is 17.6 Å². The second-order valence-electron chi connectivity index (χ2n) is 7.78. The molecule has 2 aliphatic carbocycles. The van der Waals surface area contributed by atoms with Crippen LogP contribution >= 0.6 is 22.6 Å². The number of allylic oxidation sites excluding steroid dienone is 2. The van der Waals surface area contributed by atoms with E-state index in [1.54, 1.807) is 19.1 Å². The number of ether oxygens (including phenoxy) is 3. The number of rotatable bonds is 7. The Morgan fingerprint density at radius 3 is 2.48 bits per heavy atom. The van der Waals surface area contributed by atoms with Gasteiger partial charge in [-0.2, -0.15) is 10.1 Å². The summed E-state index contributed by atoms with van der Waals surface area (Å²) < 4.78 is 16.8. The third kappa shape index (κ3) is 3.83. The van der Waals surface area contributed by atoms with Gasteiger partial charge in [0.25, 0.3) is 11.8 Å². The number of nitrogens with zero attached hydrogens (tertiary/aromatic N) is 2. The highest BCUT2D eigenvalue weighted by atomic mass is 127. The van der Waals surface area contributed by atoms with Crippen LogP contribution in [0.1, 0.15) is 25.8 Å². The first-order valence-corrected chi connectivity index (χ1v) is 11.2. The first-order valence-electron chi connectivity index (χ1n) is 10.2. The fourth-order valence-corrected chi connectivity index (χ4v) is 5.31. The molecule has 9 heteroatoms. The predicted molar refractivity (Wildman–Crippen MR) is 120 cm³/mol. The van der Waals surface area contributed by atoms with Crippen LogP contribution in [0, 0.1) is 27.2 Å². The average Bonchev–Trinajstić information content (AvgIpc) is 3.43. The van der Waals surface area contributed by atoms with Crippen molar-refractivity contribution in [2.24, 2.45) is 28.8 Å². The highest BCUT2D eigenvalue weighted by Crippen LogP contribution is 2.52. The van der Waals surface area contributed by atoms with Gasteiger partial charge in [-0.3, -0.25) is 9.59 Å². The number of fused-ring (bicyclic) bond motifs is 5. The highest BCUT2D eigenvalue weighted by Gasteiger charge is 2.59. The summed E-state index contributed by atoms with van der Waals surface area (Å²) in [4.78, 5) is 37.3. The molecule has 164 valence electrons. The number of hydrogen-bond acceptors (Lipinski definition) is 7. The lowest BCUT2D eigenvalue weighted by Crippen LogP contribution is -2.28. The molecule has 5 atom stereocenters. The van der Waals surface area contributed by atoms with Gasteiger partial charge in [-0.1, -0.05) is 12.2 Å². The van der Waals surface area contributed by atoms with E-state index in [0.717, 1.165) is 11.4 Å². The van der Waals surface area contributed by atoms with Crippen LogP contribution in [0.2, 0.25) is 0 Å². The van der Waals surface area contributed by atoms with Gasteiger partial charge >= 0.3 is 5.97 Å². The number of carbonyl (C=O) groups excluding carboxylic acids is 3. The number of esters is 1. The van der Waals surface area contributed by atoms with Gasteiger partial charge in [-0.25, -0.2) is 4.79 Å². The smallest absolute Gasteiger partial charge is 0.346 e. The lowest BCUT2D eigenvalue weighted by atomic mass is 9.85. The zero-order valence-corrected chi connectivity index (χ0v) is 19.6. The maximum absolute atomic E-state index is 12.8. The van der Waals surface area contributed by atoms with Crippen molar-refractivity contribution in [3.8, 4) is 11.5 Å². The largest absolute Gasteiger partial charge is 0.490 e. The topological polar surface area (TPSA) is 94.5 Å². The molecule has 31 heavy (non-hydrogen) atoms. The van der Waals surface area contributed by atoms with Crippen molar-refractivity contribution in [2.75, 3.05) is 13.7 Å². The minimum absolute atomic E-state index is 0.144. The number of halogens is 1. The first kappa shape index (κ1) is 21.8. The van der Waals surface area contributed by atoms with E-state index in [4.69, 9.17) is 14.2 Å². The van der Waals surface area contributed by atoms with Crippen LogP contribution in [0.25, 0.3) is 0 Å². The summed E-state index contributed by atoms with van der Waals surface area (Å²) in [6, 6.07) is 3.48. The Morgan fingerprint density at radius 1 is 1.26 bits per heavy atom. The van der Waals surface area contributed by atoms with Gasteiger partial charge in [0.1, 0.15) is 0 Å². The molecule has 2 bridgehead atoms. The molecule has 1 aromatic carbocycles. The summed E-state index contributed by atoms with van der Waals surface area (Å²) in [5.74, 6) is -0.374. The van der Waals surface area contributed by atoms with E-state index in [0.29, 0.717) is 27.2 Å². The molecule has 0 N–H and O–H groups in total. The monoisotopic (exact) mass is 538 g/mol. The van der Waals surface area contributed by atoms with Gasteiger partial charge in [0, 0.05) is 0 Å². The Hall–Kier alpha value is -2.43. The molecule has 0 radical (unpaired) electrons. The normalized spacial score (nSPS) is 27.2. The highest BCUT2D eigenvalue weighted by molar-refractivity contribution is 14.1. The number of amides is 2. The minimum atomic E-state index is -0.805. The van der Waals surface area contributed by atoms with Crippen molar-refractivity contribution in [3.63, 3.8) is 0 Å². The summed E-state index contributed by atoms with van der Waals surface area (Å²) in [5.41, 5.74) is 0.643. The number of imide groups is 1. The fraction of sp³-hybridized carbons (Fsp3) is 0.455. The second-order valence-corrected chi connectivity index (χ2v) is 8.94. The molecule has 1 saturated heterocycles. The first-order chi connectivity index (χ1) is 14.8. The zero-order chi connectivity index (χ0) is 22.3. The van der Waals surface area contributed by atoms with E-state index >= 15 is 0 Å². The van der Waals surface area contributed by atoms with Gasteiger partial charge < -0.3 is 14.2 Å². The number of hydrazone groups is 1. The third-order valence-corrected chi connectivity index (χ3v) is 6.73. The molecule has 0 unspecified atom stereocenters. The second kappa shape index (κ2) is 8.60. The van der Waals surface area contributed by atoms with Crippen molar-refractivity contribution in [1.82, 2.24) is 5.01 Å². The van der Waals surface area contributed by atoms with E-state index in [9.17, 15) is 14.4 Å². The predicted octanol–water partition coefficient (Wildman–Crippen LogP) is 2.77. The van der Waals surface area contributed by atoms with Crippen molar-refractivity contribution < 1.29 is 28.6 Å². The van der Waals surface area contributed by atoms with E-state index < -0.39 is 12.1 Å². The molecule has 0 spiro atoms. The van der Waals surface area contributed by atoms with Crippen LogP contribution < -0.4 is 9.47 Å². The van der Waals surface area contributed by atoms with E-state index in [1.165, 1.54) is 13.3 Å². The molecule has 1 aromatic rings. The van der Waals surface area contributed by atoms with E-state index in [-0.39, 0.29) is 35.5 Å². The van der Waals surface area contributed by atoms with Crippen LogP contribution in [0.4, 0.5) is 0 Å². The molecule has 1 heterocycles. The molecule has 0 aromatic heterocycles. The van der Waals surface area contributed by atoms with Crippen LogP contribution in [-0.2, 0) is 19.1 Å². The number of methoxy groups -OCH3 is 1. The van der Waals surface area contributed by atoms with E-state index in [1.807, 2.05) is 6.92 Å². The standard InChI is InChI=1S/C22H23IN2O6/c1-4-30-16-8-12(7-15(23)19(16)31-11(2)22(28)29-3)10-24-25-20(26)17-13-5-6-14(9-13)18(17)21(25)27/h5-8,10-11,13-14,17-18H,4,9H2,1-3H3/t11-,13-,14-,17-,18+/m0/s1.